The minimum Gasteiger partial charge on any atom is -0.504 e. The molecule has 27 heavy (non-hydrogen) atoms. The van der Waals surface area contributed by atoms with E-state index in [0.717, 1.165) is 18.2 Å². The molecule has 0 aromatic heterocycles. The zero-order chi connectivity index (χ0) is 19.6. The van der Waals surface area contributed by atoms with E-state index in [1.807, 2.05) is 0 Å². The number of Topliss-reactive ketones (excluding diaryl/α,β-unsaturated/α-hetero) is 2. The van der Waals surface area contributed by atoms with Gasteiger partial charge in [0.15, 0.2) is 23.1 Å². The maximum atomic E-state index is 12.7. The molecule has 2 aromatic rings. The maximum Gasteiger partial charge on any atom is 0.416 e. The van der Waals surface area contributed by atoms with Crippen molar-refractivity contribution in [3.63, 3.8) is 0 Å². The number of carbonyl (C=O) groups excluding carboxylic acids is 2. The summed E-state index contributed by atoms with van der Waals surface area (Å²) in [5, 5.41) is 10.2. The minimum absolute atomic E-state index is 0.0314. The fourth-order valence-corrected chi connectivity index (χ4v) is 2.70. The van der Waals surface area contributed by atoms with Crippen LogP contribution in [0.3, 0.4) is 0 Å². The zero-order valence-corrected chi connectivity index (χ0v) is 14.0. The molecule has 0 bridgehead atoms. The molecule has 1 N–H and O–H groups in total. The highest BCUT2D eigenvalue weighted by Crippen LogP contribution is 2.41. The first-order chi connectivity index (χ1) is 12.8. The Balaban J connectivity index is 1.70. The van der Waals surface area contributed by atoms with Crippen molar-refractivity contribution in [3.05, 3.63) is 53.1 Å². The van der Waals surface area contributed by atoms with Gasteiger partial charge in [0.05, 0.1) is 11.1 Å². The first-order valence-electron chi connectivity index (χ1n) is 8.12. The van der Waals surface area contributed by atoms with Crippen LogP contribution in [0.2, 0.25) is 0 Å². The van der Waals surface area contributed by atoms with Crippen LogP contribution in [-0.2, 0) is 6.18 Å². The highest BCUT2D eigenvalue weighted by molar-refractivity contribution is 6.04. The third-order valence-electron chi connectivity index (χ3n) is 4.07. The summed E-state index contributed by atoms with van der Waals surface area (Å²) in [7, 11) is 0. The van der Waals surface area contributed by atoms with Crippen LogP contribution in [0.15, 0.2) is 36.4 Å². The number of ketones is 2. The molecule has 0 saturated carbocycles. The zero-order valence-electron chi connectivity index (χ0n) is 14.0. The van der Waals surface area contributed by atoms with Crippen LogP contribution in [0.4, 0.5) is 13.2 Å². The molecule has 0 atom stereocenters. The van der Waals surface area contributed by atoms with E-state index in [0.29, 0.717) is 12.4 Å². The largest absolute Gasteiger partial charge is 0.504 e. The van der Waals surface area contributed by atoms with Gasteiger partial charge < -0.3 is 14.6 Å². The van der Waals surface area contributed by atoms with Crippen LogP contribution in [-0.4, -0.2) is 29.9 Å². The molecule has 1 aliphatic rings. The van der Waals surface area contributed by atoms with Gasteiger partial charge in [-0.2, -0.15) is 13.2 Å². The molecule has 3 rings (SSSR count). The smallest absolute Gasteiger partial charge is 0.416 e. The Kier molecular flexibility index (Phi) is 5.07. The number of halogens is 3. The molecule has 5 nitrogen and oxygen atoms in total. The van der Waals surface area contributed by atoms with E-state index in [-0.39, 0.29) is 42.1 Å². The molecular formula is C19H15F3O5. The first kappa shape index (κ1) is 18.8. The summed E-state index contributed by atoms with van der Waals surface area (Å²) in [6.45, 7) is 0.553. The van der Waals surface area contributed by atoms with Crippen molar-refractivity contribution in [1.82, 2.24) is 0 Å². The van der Waals surface area contributed by atoms with E-state index in [2.05, 4.69) is 0 Å². The quantitative estimate of drug-likeness (QED) is 0.793. The van der Waals surface area contributed by atoms with Crippen molar-refractivity contribution in [2.45, 2.75) is 19.0 Å². The van der Waals surface area contributed by atoms with Crippen molar-refractivity contribution in [2.75, 3.05) is 13.2 Å². The highest BCUT2D eigenvalue weighted by Gasteiger charge is 2.31. The highest BCUT2D eigenvalue weighted by atomic mass is 19.4. The van der Waals surface area contributed by atoms with Gasteiger partial charge in [0.2, 0.25) is 5.75 Å². The summed E-state index contributed by atoms with van der Waals surface area (Å²) in [5.74, 6) is -1.10. The third-order valence-corrected chi connectivity index (χ3v) is 4.07. The van der Waals surface area contributed by atoms with Gasteiger partial charge in [0, 0.05) is 18.4 Å². The summed E-state index contributed by atoms with van der Waals surface area (Å²) in [6, 6.07) is 6.88. The van der Waals surface area contributed by atoms with Gasteiger partial charge in [-0.25, -0.2) is 0 Å². The summed E-state index contributed by atoms with van der Waals surface area (Å²) in [4.78, 5) is 24.5. The Morgan fingerprint density at radius 1 is 1.00 bits per heavy atom. The SMILES string of the molecule is O=C(CCC(=O)c1ccc2c(c1O)OCCO2)c1cccc(C(F)(F)F)c1. The van der Waals surface area contributed by atoms with Crippen molar-refractivity contribution in [1.29, 1.82) is 0 Å². The lowest BCUT2D eigenvalue weighted by molar-refractivity contribution is -0.137. The van der Waals surface area contributed by atoms with Crippen LogP contribution in [0, 0.1) is 0 Å². The molecule has 0 fully saturated rings. The standard InChI is InChI=1S/C19H15F3O5/c20-19(21,22)12-3-1-2-11(10-12)14(23)5-6-15(24)13-4-7-16-18(17(13)25)27-9-8-26-16/h1-4,7,10,25H,5-6,8-9H2. The summed E-state index contributed by atoms with van der Waals surface area (Å²) < 4.78 is 48.8. The van der Waals surface area contributed by atoms with Crippen LogP contribution in [0.25, 0.3) is 0 Å². The molecule has 0 aliphatic carbocycles. The molecule has 0 radical (unpaired) electrons. The number of fused-ring (bicyclic) bond motifs is 1. The molecule has 142 valence electrons. The number of phenolic OH excluding ortho intramolecular Hbond substituents is 1. The molecule has 2 aromatic carbocycles. The van der Waals surface area contributed by atoms with Crippen molar-refractivity contribution < 1.29 is 37.3 Å². The number of rotatable bonds is 5. The number of aromatic hydroxyl groups is 1. The molecule has 0 saturated heterocycles. The van der Waals surface area contributed by atoms with Crippen LogP contribution in [0.1, 0.15) is 39.1 Å². The topological polar surface area (TPSA) is 72.8 Å². The second kappa shape index (κ2) is 7.30. The predicted molar refractivity (Wildman–Crippen MR) is 88.4 cm³/mol. The molecule has 0 amide bonds. The lowest BCUT2D eigenvalue weighted by Gasteiger charge is -2.20. The van der Waals surface area contributed by atoms with Crippen LogP contribution < -0.4 is 9.47 Å². The molecule has 0 unspecified atom stereocenters. The fourth-order valence-electron chi connectivity index (χ4n) is 2.70. The van der Waals surface area contributed by atoms with E-state index in [4.69, 9.17) is 9.47 Å². The van der Waals surface area contributed by atoms with E-state index >= 15 is 0 Å². The number of hydrogen-bond acceptors (Lipinski definition) is 5. The molecule has 1 heterocycles. The molecule has 0 spiro atoms. The molecular weight excluding hydrogens is 365 g/mol. The average molecular weight is 380 g/mol. The van der Waals surface area contributed by atoms with Gasteiger partial charge in [0.25, 0.3) is 0 Å². The number of alkyl halides is 3. The lowest BCUT2D eigenvalue weighted by Crippen LogP contribution is -2.16. The minimum atomic E-state index is -4.55. The average Bonchev–Trinajstić information content (AvgIpc) is 2.66. The number of carbonyl (C=O) groups is 2. The summed E-state index contributed by atoms with van der Waals surface area (Å²) >= 11 is 0. The van der Waals surface area contributed by atoms with E-state index in [1.165, 1.54) is 18.2 Å². The van der Waals surface area contributed by atoms with Gasteiger partial charge in [-0.15, -0.1) is 0 Å². The Bertz CT molecular complexity index is 889. The monoisotopic (exact) mass is 380 g/mol. The van der Waals surface area contributed by atoms with Gasteiger partial charge in [-0.1, -0.05) is 12.1 Å². The number of ether oxygens (including phenoxy) is 2. The summed E-state index contributed by atoms with van der Waals surface area (Å²) in [6.07, 6.45) is -5.10. The lowest BCUT2D eigenvalue weighted by atomic mass is 9.99. The second-order valence-electron chi connectivity index (χ2n) is 5.91. The molecule has 1 aliphatic heterocycles. The number of benzene rings is 2. The second-order valence-corrected chi connectivity index (χ2v) is 5.91. The van der Waals surface area contributed by atoms with E-state index in [9.17, 15) is 27.9 Å². The Labute approximate surface area is 152 Å². The number of hydrogen-bond donors (Lipinski definition) is 1. The Morgan fingerprint density at radius 3 is 2.44 bits per heavy atom. The summed E-state index contributed by atoms with van der Waals surface area (Å²) in [5.41, 5.74) is -1.08. The normalized spacial score (nSPS) is 13.3. The van der Waals surface area contributed by atoms with Gasteiger partial charge in [0.1, 0.15) is 13.2 Å². The first-order valence-corrected chi connectivity index (χ1v) is 8.12. The Hall–Kier alpha value is -3.03. The van der Waals surface area contributed by atoms with E-state index in [1.54, 1.807) is 0 Å². The molecule has 8 heteroatoms. The van der Waals surface area contributed by atoms with Crippen molar-refractivity contribution >= 4 is 11.6 Å². The Morgan fingerprint density at radius 2 is 1.70 bits per heavy atom. The third kappa shape index (κ3) is 4.05. The maximum absolute atomic E-state index is 12.7. The van der Waals surface area contributed by atoms with E-state index < -0.39 is 23.3 Å². The predicted octanol–water partition coefficient (Wildman–Crippen LogP) is 4.03. The van der Waals surface area contributed by atoms with Crippen molar-refractivity contribution in [2.24, 2.45) is 0 Å². The van der Waals surface area contributed by atoms with Gasteiger partial charge >= 0.3 is 6.18 Å². The fraction of sp³-hybridized carbons (Fsp3) is 0.263. The van der Waals surface area contributed by atoms with Crippen LogP contribution >= 0.6 is 0 Å². The van der Waals surface area contributed by atoms with Crippen molar-refractivity contribution in [3.8, 4) is 17.2 Å². The van der Waals surface area contributed by atoms with Gasteiger partial charge in [-0.3, -0.25) is 9.59 Å². The van der Waals surface area contributed by atoms with Gasteiger partial charge in [-0.05, 0) is 24.3 Å². The number of phenols is 1. The van der Waals surface area contributed by atoms with Crippen LogP contribution in [0.5, 0.6) is 17.2 Å².